The maximum atomic E-state index is 5.49. The van der Waals surface area contributed by atoms with Gasteiger partial charge in [-0.05, 0) is 78.0 Å². The first-order chi connectivity index (χ1) is 12.8. The lowest BCUT2D eigenvalue weighted by Crippen LogP contribution is -2.47. The van der Waals surface area contributed by atoms with E-state index < -0.39 is 0 Å². The van der Waals surface area contributed by atoms with Crippen LogP contribution in [0.25, 0.3) is 0 Å². The topological polar surface area (TPSA) is 135 Å². The summed E-state index contributed by atoms with van der Waals surface area (Å²) in [6.07, 6.45) is 4.37. The van der Waals surface area contributed by atoms with E-state index in [4.69, 9.17) is 22.9 Å². The van der Waals surface area contributed by atoms with Gasteiger partial charge in [-0.2, -0.15) is 0 Å². The SMILES string of the molecule is NCCCN1CCN(CCCN)CC1.NCCCNCCNCCCN. The van der Waals surface area contributed by atoms with E-state index in [-0.39, 0.29) is 0 Å². The summed E-state index contributed by atoms with van der Waals surface area (Å²) in [7, 11) is 0. The molecule has 1 rings (SSSR count). The van der Waals surface area contributed by atoms with Gasteiger partial charge in [0.05, 0.1) is 0 Å². The molecule has 0 spiro atoms. The smallest absolute Gasteiger partial charge is 0.0110 e. The van der Waals surface area contributed by atoms with Gasteiger partial charge < -0.3 is 43.4 Å². The Balaban J connectivity index is 0.000000488. The van der Waals surface area contributed by atoms with E-state index in [9.17, 15) is 0 Å². The maximum absolute atomic E-state index is 5.49. The van der Waals surface area contributed by atoms with Gasteiger partial charge in [-0.1, -0.05) is 0 Å². The van der Waals surface area contributed by atoms with E-state index in [2.05, 4.69) is 20.4 Å². The largest absolute Gasteiger partial charge is 0.330 e. The molecule has 1 saturated heterocycles. The second-order valence-electron chi connectivity index (χ2n) is 6.75. The summed E-state index contributed by atoms with van der Waals surface area (Å²) in [5.74, 6) is 0. The highest BCUT2D eigenvalue weighted by molar-refractivity contribution is 4.71. The Morgan fingerprint density at radius 2 is 0.846 bits per heavy atom. The van der Waals surface area contributed by atoms with Crippen molar-refractivity contribution < 1.29 is 0 Å². The molecular formula is C18H46N8. The van der Waals surface area contributed by atoms with Crippen molar-refractivity contribution in [3.63, 3.8) is 0 Å². The summed E-state index contributed by atoms with van der Waals surface area (Å²) in [6.45, 7) is 14.4. The summed E-state index contributed by atoms with van der Waals surface area (Å²) in [5, 5.41) is 6.58. The molecule has 0 bridgehead atoms. The van der Waals surface area contributed by atoms with Crippen molar-refractivity contribution in [1.29, 1.82) is 0 Å². The Kier molecular flexibility index (Phi) is 20.7. The van der Waals surface area contributed by atoms with Crippen LogP contribution in [-0.4, -0.2) is 101 Å². The van der Waals surface area contributed by atoms with Gasteiger partial charge in [-0.3, -0.25) is 0 Å². The lowest BCUT2D eigenvalue weighted by molar-refractivity contribution is 0.131. The quantitative estimate of drug-likeness (QED) is 0.184. The number of piperazine rings is 1. The lowest BCUT2D eigenvalue weighted by atomic mass is 10.2. The first kappa shape index (κ1) is 25.7. The van der Waals surface area contributed by atoms with E-state index >= 15 is 0 Å². The van der Waals surface area contributed by atoms with Gasteiger partial charge in [-0.25, -0.2) is 0 Å². The summed E-state index contributed by atoms with van der Waals surface area (Å²) in [4.78, 5) is 5.01. The van der Waals surface area contributed by atoms with Crippen molar-refractivity contribution in [2.24, 2.45) is 22.9 Å². The van der Waals surface area contributed by atoms with E-state index in [1.54, 1.807) is 0 Å². The molecule has 1 aliphatic heterocycles. The van der Waals surface area contributed by atoms with E-state index in [0.717, 1.165) is 78.0 Å². The molecule has 0 aliphatic carbocycles. The zero-order valence-electron chi connectivity index (χ0n) is 16.9. The maximum Gasteiger partial charge on any atom is 0.0110 e. The predicted molar refractivity (Wildman–Crippen MR) is 113 cm³/mol. The summed E-state index contributed by atoms with van der Waals surface area (Å²) in [5.41, 5.74) is 21.7. The van der Waals surface area contributed by atoms with Crippen LogP contribution in [-0.2, 0) is 0 Å². The molecule has 0 atom stereocenters. The molecule has 0 radical (unpaired) electrons. The van der Waals surface area contributed by atoms with Crippen molar-refractivity contribution in [3.8, 4) is 0 Å². The number of hydrogen-bond donors (Lipinski definition) is 6. The Labute approximate surface area is 161 Å². The standard InChI is InChI=1S/C10H24N4.C8H22N4/c11-3-1-5-13-7-9-14(10-8-13)6-2-4-12;9-3-1-5-11-7-8-12-6-2-4-10/h1-12H2;11-12H,1-10H2. The minimum Gasteiger partial charge on any atom is -0.330 e. The molecule has 10 N–H and O–H groups in total. The van der Waals surface area contributed by atoms with Gasteiger partial charge in [0.1, 0.15) is 0 Å². The fourth-order valence-corrected chi connectivity index (χ4v) is 2.75. The molecule has 158 valence electrons. The molecule has 0 aromatic heterocycles. The first-order valence-electron chi connectivity index (χ1n) is 10.4. The van der Waals surface area contributed by atoms with Gasteiger partial charge in [0.15, 0.2) is 0 Å². The van der Waals surface area contributed by atoms with Crippen LogP contribution in [0.4, 0.5) is 0 Å². The Morgan fingerprint density at radius 1 is 0.500 bits per heavy atom. The second-order valence-corrected chi connectivity index (χ2v) is 6.75. The van der Waals surface area contributed by atoms with E-state index in [1.165, 1.54) is 39.3 Å². The third-order valence-corrected chi connectivity index (χ3v) is 4.42. The van der Waals surface area contributed by atoms with Crippen LogP contribution in [0.15, 0.2) is 0 Å². The van der Waals surface area contributed by atoms with Crippen LogP contribution in [0, 0.1) is 0 Å². The Morgan fingerprint density at radius 3 is 1.15 bits per heavy atom. The molecule has 0 aromatic rings. The van der Waals surface area contributed by atoms with Crippen LogP contribution in [0.5, 0.6) is 0 Å². The van der Waals surface area contributed by atoms with E-state index in [1.807, 2.05) is 0 Å². The molecule has 26 heavy (non-hydrogen) atoms. The number of nitrogens with one attached hydrogen (secondary N) is 2. The van der Waals surface area contributed by atoms with Crippen molar-refractivity contribution in [3.05, 3.63) is 0 Å². The molecule has 0 amide bonds. The number of rotatable bonds is 15. The minimum absolute atomic E-state index is 0.771. The second kappa shape index (κ2) is 21.0. The van der Waals surface area contributed by atoms with Crippen LogP contribution in [0.1, 0.15) is 25.7 Å². The molecule has 0 unspecified atom stereocenters. The average Bonchev–Trinajstić information content (AvgIpc) is 2.68. The summed E-state index contributed by atoms with van der Waals surface area (Å²) in [6, 6.07) is 0. The first-order valence-corrected chi connectivity index (χ1v) is 10.4. The van der Waals surface area contributed by atoms with Gasteiger partial charge in [0, 0.05) is 39.3 Å². The Bertz CT molecular complexity index is 234. The van der Waals surface area contributed by atoms with Gasteiger partial charge in [0.25, 0.3) is 0 Å². The molecule has 8 nitrogen and oxygen atoms in total. The van der Waals surface area contributed by atoms with Gasteiger partial charge in [0.2, 0.25) is 0 Å². The molecule has 1 heterocycles. The molecule has 1 aliphatic rings. The molecule has 8 heteroatoms. The van der Waals surface area contributed by atoms with Crippen LogP contribution in [0.3, 0.4) is 0 Å². The number of hydrogen-bond acceptors (Lipinski definition) is 8. The predicted octanol–water partition coefficient (Wildman–Crippen LogP) is -1.84. The monoisotopic (exact) mass is 374 g/mol. The van der Waals surface area contributed by atoms with Crippen LogP contribution >= 0.6 is 0 Å². The third-order valence-electron chi connectivity index (χ3n) is 4.42. The molecular weight excluding hydrogens is 328 g/mol. The van der Waals surface area contributed by atoms with Crippen LogP contribution in [0.2, 0.25) is 0 Å². The number of nitrogens with two attached hydrogens (primary N) is 4. The summed E-state index contributed by atoms with van der Waals surface area (Å²) >= 11 is 0. The fraction of sp³-hybridized carbons (Fsp3) is 1.00. The average molecular weight is 375 g/mol. The van der Waals surface area contributed by atoms with Crippen molar-refractivity contribution in [1.82, 2.24) is 20.4 Å². The number of nitrogens with zero attached hydrogens (tertiary/aromatic N) is 2. The highest BCUT2D eigenvalue weighted by Gasteiger charge is 2.15. The highest BCUT2D eigenvalue weighted by atomic mass is 15.3. The van der Waals surface area contributed by atoms with Crippen molar-refractivity contribution in [2.75, 3.05) is 91.6 Å². The third kappa shape index (κ3) is 17.1. The summed E-state index contributed by atoms with van der Waals surface area (Å²) < 4.78 is 0. The lowest BCUT2D eigenvalue weighted by Gasteiger charge is -2.34. The zero-order chi connectivity index (χ0) is 19.3. The van der Waals surface area contributed by atoms with E-state index in [0.29, 0.717) is 0 Å². The molecule has 0 saturated carbocycles. The molecule has 1 fully saturated rings. The fourth-order valence-electron chi connectivity index (χ4n) is 2.75. The van der Waals surface area contributed by atoms with Crippen molar-refractivity contribution in [2.45, 2.75) is 25.7 Å². The normalized spacial score (nSPS) is 15.7. The van der Waals surface area contributed by atoms with Gasteiger partial charge in [-0.15, -0.1) is 0 Å². The minimum atomic E-state index is 0.771. The van der Waals surface area contributed by atoms with Crippen LogP contribution < -0.4 is 33.6 Å². The van der Waals surface area contributed by atoms with Gasteiger partial charge >= 0.3 is 0 Å². The highest BCUT2D eigenvalue weighted by Crippen LogP contribution is 2.02. The Hall–Kier alpha value is -0.320. The molecule has 0 aromatic carbocycles. The zero-order valence-corrected chi connectivity index (χ0v) is 16.9. The van der Waals surface area contributed by atoms with Crippen molar-refractivity contribution >= 4 is 0 Å².